The number of hydrogen-bond acceptors (Lipinski definition) is 5. The van der Waals surface area contributed by atoms with Gasteiger partial charge >= 0.3 is 5.97 Å². The molecule has 0 fully saturated rings. The van der Waals surface area contributed by atoms with Gasteiger partial charge in [0, 0.05) is 16.0 Å². The largest absolute Gasteiger partial charge is 0.479 e. The van der Waals surface area contributed by atoms with Gasteiger partial charge in [0.25, 0.3) is 10.0 Å². The number of carbonyl (C=O) groups is 1. The quantitative estimate of drug-likeness (QED) is 0.705. The van der Waals surface area contributed by atoms with Gasteiger partial charge in [0.1, 0.15) is 0 Å². The van der Waals surface area contributed by atoms with E-state index < -0.39 is 21.6 Å². The number of aliphatic carboxylic acids is 1. The highest BCUT2D eigenvalue weighted by Gasteiger charge is 2.34. The molecule has 0 bridgehead atoms. The Bertz CT molecular complexity index is 1250. The third kappa shape index (κ3) is 3.45. The zero-order chi connectivity index (χ0) is 21.7. The van der Waals surface area contributed by atoms with Crippen molar-refractivity contribution in [1.82, 2.24) is 3.97 Å². The summed E-state index contributed by atoms with van der Waals surface area (Å²) in [5.41, 5.74) is 0.767. The SMILES string of the molecule is CC(C)(OCc1cc2cc(Cl)ccc2n1S(=O)(=O)C1=C2C=COC=C2CC1)C(=O)O. The second-order valence-electron chi connectivity index (χ2n) is 7.63. The summed E-state index contributed by atoms with van der Waals surface area (Å²) in [7, 11) is -3.95. The van der Waals surface area contributed by atoms with Crippen LogP contribution in [0, 0.1) is 0 Å². The Labute approximate surface area is 178 Å². The van der Waals surface area contributed by atoms with E-state index in [4.69, 9.17) is 21.1 Å². The van der Waals surface area contributed by atoms with Crippen LogP contribution in [0.15, 0.2) is 58.9 Å². The summed E-state index contributed by atoms with van der Waals surface area (Å²) in [5.74, 6) is -1.14. The van der Waals surface area contributed by atoms with Gasteiger partial charge in [-0.15, -0.1) is 0 Å². The highest BCUT2D eigenvalue weighted by molar-refractivity contribution is 7.94. The van der Waals surface area contributed by atoms with E-state index in [-0.39, 0.29) is 6.61 Å². The van der Waals surface area contributed by atoms with E-state index in [0.717, 1.165) is 5.57 Å². The third-order valence-electron chi connectivity index (χ3n) is 5.23. The van der Waals surface area contributed by atoms with Crippen LogP contribution in [-0.2, 0) is 30.9 Å². The van der Waals surface area contributed by atoms with Gasteiger partial charge in [0.05, 0.1) is 35.2 Å². The first-order valence-electron chi connectivity index (χ1n) is 9.28. The summed E-state index contributed by atoms with van der Waals surface area (Å²) in [6.07, 6.45) is 5.58. The Hall–Kier alpha value is -2.55. The molecule has 0 unspecified atom stereocenters. The van der Waals surface area contributed by atoms with Crippen LogP contribution in [-0.4, -0.2) is 29.1 Å². The maximum Gasteiger partial charge on any atom is 0.335 e. The topological polar surface area (TPSA) is 94.8 Å². The van der Waals surface area contributed by atoms with Gasteiger partial charge in [-0.1, -0.05) is 11.6 Å². The van der Waals surface area contributed by atoms with Crippen molar-refractivity contribution in [3.05, 3.63) is 69.6 Å². The van der Waals surface area contributed by atoms with Crippen molar-refractivity contribution in [1.29, 1.82) is 0 Å². The smallest absolute Gasteiger partial charge is 0.335 e. The summed E-state index contributed by atoms with van der Waals surface area (Å²) < 4.78 is 39.4. The van der Waals surface area contributed by atoms with Gasteiger partial charge in [-0.05, 0) is 62.6 Å². The zero-order valence-electron chi connectivity index (χ0n) is 16.4. The highest BCUT2D eigenvalue weighted by atomic mass is 35.5. The number of aromatic nitrogens is 1. The van der Waals surface area contributed by atoms with Crippen molar-refractivity contribution in [3.8, 4) is 0 Å². The minimum absolute atomic E-state index is 0.199. The van der Waals surface area contributed by atoms with Crippen LogP contribution in [0.2, 0.25) is 5.02 Å². The first kappa shape index (κ1) is 20.7. The predicted octanol–water partition coefficient (Wildman–Crippen LogP) is 4.33. The fraction of sp³-hybridized carbons (Fsp3) is 0.286. The molecule has 9 heteroatoms. The summed E-state index contributed by atoms with van der Waals surface area (Å²) in [4.78, 5) is 11.7. The van der Waals surface area contributed by atoms with Gasteiger partial charge in [0.15, 0.2) is 5.60 Å². The Kier molecular flexibility index (Phi) is 5.04. The molecule has 0 saturated carbocycles. The number of allylic oxidation sites excluding steroid dienone is 4. The molecule has 7 nitrogen and oxygen atoms in total. The van der Waals surface area contributed by atoms with E-state index in [9.17, 15) is 18.3 Å². The van der Waals surface area contributed by atoms with Crippen molar-refractivity contribution in [2.45, 2.75) is 38.9 Å². The van der Waals surface area contributed by atoms with E-state index in [1.165, 1.54) is 24.1 Å². The average Bonchev–Trinajstić information content (AvgIpc) is 3.27. The lowest BCUT2D eigenvalue weighted by Gasteiger charge is -2.21. The lowest BCUT2D eigenvalue weighted by molar-refractivity contribution is -0.162. The Morgan fingerprint density at radius 1 is 1.30 bits per heavy atom. The van der Waals surface area contributed by atoms with Crippen LogP contribution in [0.1, 0.15) is 32.4 Å². The highest BCUT2D eigenvalue weighted by Crippen LogP contribution is 2.39. The Morgan fingerprint density at radius 2 is 2.07 bits per heavy atom. The van der Waals surface area contributed by atoms with Crippen molar-refractivity contribution < 1.29 is 27.8 Å². The molecule has 1 aliphatic carbocycles. The standard InChI is InChI=1S/C21H20ClNO6S/c1-21(2,20(24)25)29-12-16-10-14-9-15(22)4-5-18(14)23(16)30(26,27)19-6-3-13-11-28-8-7-17(13)19/h4-5,7-11H,3,6,12H2,1-2H3,(H,24,25). The summed E-state index contributed by atoms with van der Waals surface area (Å²) in [5, 5.41) is 10.4. The fourth-order valence-corrected chi connectivity index (χ4v) is 5.62. The summed E-state index contributed by atoms with van der Waals surface area (Å²) in [6.45, 7) is 2.63. The van der Waals surface area contributed by atoms with E-state index in [1.807, 2.05) is 0 Å². The van der Waals surface area contributed by atoms with Crippen LogP contribution >= 0.6 is 11.6 Å². The summed E-state index contributed by atoms with van der Waals surface area (Å²) in [6, 6.07) is 6.58. The molecule has 2 heterocycles. The number of benzene rings is 1. The van der Waals surface area contributed by atoms with Gasteiger partial charge in [-0.25, -0.2) is 17.2 Å². The molecule has 1 aliphatic heterocycles. The number of ether oxygens (including phenoxy) is 2. The number of halogens is 1. The predicted molar refractivity (Wildman–Crippen MR) is 112 cm³/mol. The van der Waals surface area contributed by atoms with E-state index in [0.29, 0.717) is 44.9 Å². The molecule has 0 amide bonds. The first-order valence-corrected chi connectivity index (χ1v) is 11.1. The molecule has 0 atom stereocenters. The van der Waals surface area contributed by atoms with E-state index in [2.05, 4.69) is 0 Å². The average molecular weight is 450 g/mol. The molecule has 1 N–H and O–H groups in total. The molecule has 2 aliphatic rings. The number of hydrogen-bond donors (Lipinski definition) is 1. The van der Waals surface area contributed by atoms with Crippen molar-refractivity contribution >= 4 is 38.5 Å². The van der Waals surface area contributed by atoms with Crippen LogP contribution in [0.4, 0.5) is 0 Å². The van der Waals surface area contributed by atoms with E-state index in [1.54, 1.807) is 36.6 Å². The lowest BCUT2D eigenvalue weighted by atomic mass is 10.1. The molecule has 1 aromatic carbocycles. The summed E-state index contributed by atoms with van der Waals surface area (Å²) >= 11 is 6.10. The van der Waals surface area contributed by atoms with Crippen molar-refractivity contribution in [2.75, 3.05) is 0 Å². The maximum atomic E-state index is 13.7. The minimum Gasteiger partial charge on any atom is -0.479 e. The normalized spacial score (nSPS) is 16.6. The molecular weight excluding hydrogens is 430 g/mol. The van der Waals surface area contributed by atoms with Crippen molar-refractivity contribution in [2.24, 2.45) is 0 Å². The van der Waals surface area contributed by atoms with Crippen molar-refractivity contribution in [3.63, 3.8) is 0 Å². The molecule has 4 rings (SSSR count). The molecule has 158 valence electrons. The number of carboxylic acids is 1. The van der Waals surface area contributed by atoms with Gasteiger partial charge in [0.2, 0.25) is 0 Å². The van der Waals surface area contributed by atoms with Crippen LogP contribution in [0.5, 0.6) is 0 Å². The van der Waals surface area contributed by atoms with E-state index >= 15 is 0 Å². The fourth-order valence-electron chi connectivity index (χ4n) is 3.54. The second-order valence-corrected chi connectivity index (χ2v) is 9.88. The number of rotatable bonds is 6. The second kappa shape index (κ2) is 7.30. The third-order valence-corrected chi connectivity index (χ3v) is 7.42. The van der Waals surface area contributed by atoms with Gasteiger partial charge in [-0.2, -0.15) is 0 Å². The Balaban J connectivity index is 1.87. The molecule has 2 aromatic rings. The van der Waals surface area contributed by atoms with Gasteiger partial charge < -0.3 is 14.6 Å². The number of nitrogens with zero attached hydrogens (tertiary/aromatic N) is 1. The van der Waals surface area contributed by atoms with Crippen LogP contribution < -0.4 is 0 Å². The zero-order valence-corrected chi connectivity index (χ0v) is 18.0. The molecule has 1 aromatic heterocycles. The number of carboxylic acid groups (broad SMARTS) is 1. The lowest BCUT2D eigenvalue weighted by Crippen LogP contribution is -2.35. The number of fused-ring (bicyclic) bond motifs is 2. The molecule has 0 radical (unpaired) electrons. The Morgan fingerprint density at radius 3 is 2.80 bits per heavy atom. The van der Waals surface area contributed by atoms with Crippen LogP contribution in [0.25, 0.3) is 10.9 Å². The molecule has 30 heavy (non-hydrogen) atoms. The van der Waals surface area contributed by atoms with Gasteiger partial charge in [-0.3, -0.25) is 0 Å². The molecule has 0 saturated heterocycles. The first-order chi connectivity index (χ1) is 14.1. The van der Waals surface area contributed by atoms with Crippen LogP contribution in [0.3, 0.4) is 0 Å². The monoisotopic (exact) mass is 449 g/mol. The molecule has 0 spiro atoms. The maximum absolute atomic E-state index is 13.7. The minimum atomic E-state index is -3.95. The molecular formula is C21H20ClNO6S.